The Balaban J connectivity index is 2.98. The van der Waals surface area contributed by atoms with Crippen LogP contribution >= 0.6 is 0 Å². The fourth-order valence-electron chi connectivity index (χ4n) is 2.95. The van der Waals surface area contributed by atoms with Gasteiger partial charge < -0.3 is 10.1 Å². The molecular formula is C17H29F3N2O3. The fraction of sp³-hybridized carbons (Fsp3) is 0.882. The number of hydrogen-bond acceptors (Lipinski definition) is 3. The number of ether oxygens (including phenoxy) is 1. The number of alkyl halides is 3. The van der Waals surface area contributed by atoms with E-state index in [-0.39, 0.29) is 4.90 Å². The summed E-state index contributed by atoms with van der Waals surface area (Å²) in [6.07, 6.45) is -2.83. The van der Waals surface area contributed by atoms with Gasteiger partial charge in [-0.3, -0.25) is 4.79 Å². The van der Waals surface area contributed by atoms with E-state index in [1.54, 1.807) is 34.6 Å². The number of nitrogens with zero attached hydrogens (tertiary/aromatic N) is 1. The van der Waals surface area contributed by atoms with E-state index in [1.165, 1.54) is 0 Å². The highest BCUT2D eigenvalue weighted by Gasteiger charge is 2.48. The van der Waals surface area contributed by atoms with Crippen LogP contribution in [0.1, 0.15) is 66.7 Å². The normalized spacial score (nSPS) is 18.0. The molecule has 0 heterocycles. The quantitative estimate of drug-likeness (QED) is 0.758. The number of carbonyl (C=O) groups is 2. The van der Waals surface area contributed by atoms with Crippen LogP contribution in [0.3, 0.4) is 0 Å². The first-order valence-electron chi connectivity index (χ1n) is 8.72. The van der Waals surface area contributed by atoms with Crippen LogP contribution in [0.15, 0.2) is 0 Å². The Kier molecular flexibility index (Phi) is 7.14. The third kappa shape index (κ3) is 6.74. The maximum atomic E-state index is 13.5. The van der Waals surface area contributed by atoms with Gasteiger partial charge in [0.1, 0.15) is 11.6 Å². The molecule has 1 atom stereocenters. The SMILES string of the molecule is CC(C)[C@H](NC(=O)OC(C)(C)C)C(=O)N(C1CCCCC1)C(F)(F)F. The topological polar surface area (TPSA) is 58.6 Å². The fourth-order valence-corrected chi connectivity index (χ4v) is 2.95. The van der Waals surface area contributed by atoms with Crippen molar-refractivity contribution in [2.45, 2.75) is 90.7 Å². The second-order valence-electron chi connectivity index (χ2n) is 7.84. The summed E-state index contributed by atoms with van der Waals surface area (Å²) in [5.41, 5.74) is -0.804. The third-order valence-corrected chi connectivity index (χ3v) is 4.06. The van der Waals surface area contributed by atoms with Crippen LogP contribution in [0.2, 0.25) is 0 Å². The van der Waals surface area contributed by atoms with Crippen molar-refractivity contribution in [2.75, 3.05) is 0 Å². The molecule has 0 aliphatic heterocycles. The Morgan fingerprint density at radius 2 is 1.60 bits per heavy atom. The monoisotopic (exact) mass is 366 g/mol. The number of rotatable bonds is 4. The highest BCUT2D eigenvalue weighted by molar-refractivity contribution is 5.86. The van der Waals surface area contributed by atoms with Crippen LogP contribution in [-0.2, 0) is 9.53 Å². The molecule has 0 saturated heterocycles. The van der Waals surface area contributed by atoms with Crippen LogP contribution < -0.4 is 5.32 Å². The Hall–Kier alpha value is -1.47. The summed E-state index contributed by atoms with van der Waals surface area (Å²) in [6.45, 7) is 8.11. The molecule has 8 heteroatoms. The van der Waals surface area contributed by atoms with E-state index >= 15 is 0 Å². The second kappa shape index (κ2) is 8.27. The van der Waals surface area contributed by atoms with Crippen molar-refractivity contribution in [3.63, 3.8) is 0 Å². The van der Waals surface area contributed by atoms with Gasteiger partial charge in [-0.2, -0.15) is 0 Å². The Labute approximate surface area is 147 Å². The average molecular weight is 366 g/mol. The molecule has 0 bridgehead atoms. The predicted molar refractivity (Wildman–Crippen MR) is 87.8 cm³/mol. The largest absolute Gasteiger partial charge is 0.487 e. The summed E-state index contributed by atoms with van der Waals surface area (Å²) in [5, 5.41) is 2.31. The standard InChI is InChI=1S/C17H29F3N2O3/c1-11(2)13(21-15(24)25-16(3,4)5)14(23)22(17(18,19)20)12-9-7-6-8-10-12/h11-13H,6-10H2,1-5H3,(H,21,24)/t13-/m0/s1. The van der Waals surface area contributed by atoms with Gasteiger partial charge in [0.05, 0.1) is 0 Å². The van der Waals surface area contributed by atoms with Gasteiger partial charge in [-0.05, 0) is 39.5 Å². The lowest BCUT2D eigenvalue weighted by molar-refractivity contribution is -0.255. The van der Waals surface area contributed by atoms with Crippen LogP contribution in [0.5, 0.6) is 0 Å². The molecule has 146 valence electrons. The van der Waals surface area contributed by atoms with E-state index in [0.29, 0.717) is 25.7 Å². The zero-order valence-electron chi connectivity index (χ0n) is 15.6. The van der Waals surface area contributed by atoms with Gasteiger partial charge in [0.15, 0.2) is 0 Å². The molecule has 0 spiro atoms. The lowest BCUT2D eigenvalue weighted by Crippen LogP contribution is -2.59. The van der Waals surface area contributed by atoms with Crippen molar-refractivity contribution in [1.29, 1.82) is 0 Å². The van der Waals surface area contributed by atoms with Gasteiger partial charge in [0.2, 0.25) is 0 Å². The van der Waals surface area contributed by atoms with Crippen molar-refractivity contribution >= 4 is 12.0 Å². The molecule has 5 nitrogen and oxygen atoms in total. The molecule has 1 rings (SSSR count). The van der Waals surface area contributed by atoms with Crippen LogP contribution in [0.4, 0.5) is 18.0 Å². The number of amides is 2. The van der Waals surface area contributed by atoms with E-state index in [4.69, 9.17) is 4.74 Å². The first-order chi connectivity index (χ1) is 11.3. The molecule has 2 amide bonds. The summed E-state index contributed by atoms with van der Waals surface area (Å²) in [6, 6.07) is -2.17. The van der Waals surface area contributed by atoms with Gasteiger partial charge in [-0.25, -0.2) is 9.69 Å². The van der Waals surface area contributed by atoms with Gasteiger partial charge in [0.25, 0.3) is 5.91 Å². The van der Waals surface area contributed by atoms with Gasteiger partial charge >= 0.3 is 12.4 Å². The van der Waals surface area contributed by atoms with E-state index < -0.39 is 41.9 Å². The molecule has 0 aromatic carbocycles. The summed E-state index contributed by atoms with van der Waals surface area (Å²) in [4.78, 5) is 24.6. The van der Waals surface area contributed by atoms with Crippen LogP contribution in [0, 0.1) is 5.92 Å². The maximum absolute atomic E-state index is 13.5. The highest BCUT2D eigenvalue weighted by atomic mass is 19.4. The summed E-state index contributed by atoms with van der Waals surface area (Å²) >= 11 is 0. The first-order valence-corrected chi connectivity index (χ1v) is 8.72. The van der Waals surface area contributed by atoms with Crippen molar-refractivity contribution in [2.24, 2.45) is 5.92 Å². The average Bonchev–Trinajstić information content (AvgIpc) is 2.42. The molecule has 0 radical (unpaired) electrons. The van der Waals surface area contributed by atoms with E-state index in [0.717, 1.165) is 6.42 Å². The predicted octanol–water partition coefficient (Wildman–Crippen LogP) is 4.22. The van der Waals surface area contributed by atoms with Gasteiger partial charge in [-0.15, -0.1) is 13.2 Å². The molecule has 1 aliphatic carbocycles. The molecular weight excluding hydrogens is 337 g/mol. The zero-order chi connectivity index (χ0) is 19.4. The van der Waals surface area contributed by atoms with E-state index in [1.807, 2.05) is 0 Å². The minimum Gasteiger partial charge on any atom is -0.444 e. The summed E-state index contributed by atoms with van der Waals surface area (Å²) in [7, 11) is 0. The number of carbonyl (C=O) groups excluding carboxylic acids is 2. The highest BCUT2D eigenvalue weighted by Crippen LogP contribution is 2.32. The van der Waals surface area contributed by atoms with Crippen molar-refractivity contribution in [3.05, 3.63) is 0 Å². The zero-order valence-corrected chi connectivity index (χ0v) is 15.6. The molecule has 25 heavy (non-hydrogen) atoms. The van der Waals surface area contributed by atoms with Crippen molar-refractivity contribution in [1.82, 2.24) is 10.2 Å². The van der Waals surface area contributed by atoms with E-state index in [2.05, 4.69) is 5.32 Å². The lowest BCUT2D eigenvalue weighted by atomic mass is 9.93. The molecule has 0 aromatic rings. The molecule has 1 N–H and O–H groups in total. The van der Waals surface area contributed by atoms with Crippen molar-refractivity contribution < 1.29 is 27.5 Å². The van der Waals surface area contributed by atoms with Crippen LogP contribution in [0.25, 0.3) is 0 Å². The minimum atomic E-state index is -4.78. The van der Waals surface area contributed by atoms with E-state index in [9.17, 15) is 22.8 Å². The minimum absolute atomic E-state index is 0.00813. The smallest absolute Gasteiger partial charge is 0.444 e. The van der Waals surface area contributed by atoms with Gasteiger partial charge in [-0.1, -0.05) is 33.1 Å². The number of alkyl carbamates (subject to hydrolysis) is 1. The number of nitrogens with one attached hydrogen (secondary N) is 1. The Morgan fingerprint density at radius 1 is 1.08 bits per heavy atom. The molecule has 1 saturated carbocycles. The number of hydrogen-bond donors (Lipinski definition) is 1. The van der Waals surface area contributed by atoms with Crippen LogP contribution in [-0.4, -0.2) is 40.9 Å². The maximum Gasteiger partial charge on any atom is 0.487 e. The Bertz CT molecular complexity index is 467. The number of halogens is 3. The lowest BCUT2D eigenvalue weighted by Gasteiger charge is -2.38. The third-order valence-electron chi connectivity index (χ3n) is 4.06. The second-order valence-corrected chi connectivity index (χ2v) is 7.84. The summed E-state index contributed by atoms with van der Waals surface area (Å²) in [5.74, 6) is -1.63. The molecule has 1 aliphatic rings. The molecule has 1 fully saturated rings. The Morgan fingerprint density at radius 3 is 2.00 bits per heavy atom. The molecule has 0 aromatic heterocycles. The first kappa shape index (κ1) is 21.6. The molecule has 0 unspecified atom stereocenters. The summed E-state index contributed by atoms with van der Waals surface area (Å²) < 4.78 is 45.7. The van der Waals surface area contributed by atoms with Crippen molar-refractivity contribution in [3.8, 4) is 0 Å². The van der Waals surface area contributed by atoms with Gasteiger partial charge in [0, 0.05) is 6.04 Å².